The predicted octanol–water partition coefficient (Wildman–Crippen LogP) is 2.11. The summed E-state index contributed by atoms with van der Waals surface area (Å²) in [6.07, 6.45) is 0. The van der Waals surface area contributed by atoms with Crippen LogP contribution < -0.4 is 9.84 Å². The molecule has 0 N–H and O–H groups in total. The monoisotopic (exact) mass is 329 g/mol. The van der Waals surface area contributed by atoms with Crippen molar-refractivity contribution in [1.29, 1.82) is 0 Å². The van der Waals surface area contributed by atoms with E-state index in [9.17, 15) is 14.1 Å². The summed E-state index contributed by atoms with van der Waals surface area (Å²) in [5.74, 6) is -0.756. The van der Waals surface area contributed by atoms with Crippen molar-refractivity contribution >= 4 is 27.7 Å². The van der Waals surface area contributed by atoms with Gasteiger partial charge in [0.2, 0.25) is 0 Å². The van der Waals surface area contributed by atoms with E-state index in [-0.39, 0.29) is 17.1 Å². The van der Waals surface area contributed by atoms with Gasteiger partial charge >= 0.3 is 0 Å². The molecule has 6 heteroatoms. The molecule has 0 saturated heterocycles. The fourth-order valence-corrected chi connectivity index (χ4v) is 3.42. The third kappa shape index (κ3) is 2.98. The average Bonchev–Trinajstić information content (AvgIpc) is 2.92. The van der Waals surface area contributed by atoms with E-state index in [1.54, 1.807) is 42.5 Å². The van der Waals surface area contributed by atoms with E-state index in [1.807, 2.05) is 6.07 Å². The summed E-state index contributed by atoms with van der Waals surface area (Å²) in [5, 5.41) is 11.9. The van der Waals surface area contributed by atoms with Gasteiger partial charge in [0.15, 0.2) is 0 Å². The van der Waals surface area contributed by atoms with E-state index in [0.717, 1.165) is 0 Å². The highest BCUT2D eigenvalue weighted by molar-refractivity contribution is 7.84. The molecule has 0 unspecified atom stereocenters. The molecule has 3 rings (SSSR count). The van der Waals surface area contributed by atoms with Gasteiger partial charge in [-0.1, -0.05) is 18.2 Å². The maximum atomic E-state index is 12.4. The molecule has 0 aliphatic rings. The first-order valence-corrected chi connectivity index (χ1v) is 8.16. The first kappa shape index (κ1) is 15.3. The van der Waals surface area contributed by atoms with Crippen molar-refractivity contribution in [3.8, 4) is 5.75 Å². The van der Waals surface area contributed by atoms with Gasteiger partial charge in [0.25, 0.3) is 0 Å². The molecule has 5 nitrogen and oxygen atoms in total. The van der Waals surface area contributed by atoms with Crippen LogP contribution in [0.3, 0.4) is 0 Å². The van der Waals surface area contributed by atoms with Crippen LogP contribution in [0, 0.1) is 0 Å². The van der Waals surface area contributed by atoms with Crippen molar-refractivity contribution in [3.05, 3.63) is 59.9 Å². The minimum atomic E-state index is -1.41. The van der Waals surface area contributed by atoms with E-state index in [1.165, 1.54) is 7.11 Å². The Morgan fingerprint density at radius 3 is 2.61 bits per heavy atom. The Balaban J connectivity index is 2.05. The lowest BCUT2D eigenvalue weighted by molar-refractivity contribution is -0.254. The van der Waals surface area contributed by atoms with Crippen LogP contribution in [0.2, 0.25) is 0 Å². The van der Waals surface area contributed by atoms with E-state index < -0.39 is 16.8 Å². The Morgan fingerprint density at radius 1 is 1.22 bits per heavy atom. The maximum Gasteiger partial charge on any atom is 0.135 e. The van der Waals surface area contributed by atoms with Crippen LogP contribution >= 0.6 is 0 Å². The number of benzene rings is 2. The number of carbonyl (C=O) groups is 1. The lowest BCUT2D eigenvalue weighted by Gasteiger charge is -2.05. The number of carboxylic acids is 1. The Hall–Kier alpha value is -2.60. The molecule has 0 fully saturated rings. The molecule has 2 aromatic carbocycles. The zero-order valence-electron chi connectivity index (χ0n) is 12.3. The molecule has 1 atom stereocenters. The third-order valence-corrected chi connectivity index (χ3v) is 4.76. The molecule has 3 aromatic rings. The molecule has 0 saturated carbocycles. The van der Waals surface area contributed by atoms with E-state index in [2.05, 4.69) is 0 Å². The fraction of sp³-hybridized carbons (Fsp3) is 0.118. The molecule has 0 aliphatic carbocycles. The number of hydrogen-bond donors (Lipinski definition) is 0. The van der Waals surface area contributed by atoms with Gasteiger partial charge in [-0.3, -0.25) is 4.21 Å². The second kappa shape index (κ2) is 6.26. The Morgan fingerprint density at radius 2 is 1.96 bits per heavy atom. The standard InChI is InChI=1S/C17H14O5S/c1-21-11-7-8-14-13(9-11)16(17(18)19)15(22-14)10-23(20)12-5-3-2-4-6-12/h2-9H,10H2,1H3,(H,18,19)/p-1/t23-/m1/s1. The van der Waals surface area contributed by atoms with E-state index >= 15 is 0 Å². The number of ether oxygens (including phenoxy) is 1. The summed E-state index contributed by atoms with van der Waals surface area (Å²) < 4.78 is 23.1. The van der Waals surface area contributed by atoms with Crippen molar-refractivity contribution in [3.63, 3.8) is 0 Å². The van der Waals surface area contributed by atoms with Gasteiger partial charge in [0.1, 0.15) is 17.1 Å². The normalized spacial score (nSPS) is 12.2. The number of fused-ring (bicyclic) bond motifs is 1. The van der Waals surface area contributed by atoms with Crippen LogP contribution in [-0.4, -0.2) is 17.3 Å². The minimum absolute atomic E-state index is 0.0374. The summed E-state index contributed by atoms with van der Waals surface area (Å²) in [7, 11) is 0.0802. The molecular weight excluding hydrogens is 316 g/mol. The van der Waals surface area contributed by atoms with Gasteiger partial charge in [-0.05, 0) is 30.3 Å². The highest BCUT2D eigenvalue weighted by Crippen LogP contribution is 2.30. The average molecular weight is 329 g/mol. The number of furan rings is 1. The molecule has 1 aromatic heterocycles. The van der Waals surface area contributed by atoms with Crippen molar-refractivity contribution in [2.24, 2.45) is 0 Å². The van der Waals surface area contributed by atoms with Crippen LogP contribution in [0.25, 0.3) is 11.0 Å². The molecular formula is C17H13O5S-. The van der Waals surface area contributed by atoms with Crippen molar-refractivity contribution in [2.75, 3.05) is 7.11 Å². The second-order valence-electron chi connectivity index (χ2n) is 4.85. The number of hydrogen-bond acceptors (Lipinski definition) is 5. The van der Waals surface area contributed by atoms with Gasteiger partial charge in [-0.25, -0.2) is 0 Å². The van der Waals surface area contributed by atoms with Crippen LogP contribution in [0.15, 0.2) is 57.8 Å². The number of rotatable bonds is 5. The van der Waals surface area contributed by atoms with E-state index in [4.69, 9.17) is 9.15 Å². The molecule has 0 bridgehead atoms. The van der Waals surface area contributed by atoms with Gasteiger partial charge < -0.3 is 19.1 Å². The molecule has 23 heavy (non-hydrogen) atoms. The SMILES string of the molecule is COc1ccc2oc(C[S@@](=O)c3ccccc3)c(C(=O)[O-])c2c1. The van der Waals surface area contributed by atoms with Gasteiger partial charge in [-0.2, -0.15) is 0 Å². The predicted molar refractivity (Wildman–Crippen MR) is 83.7 cm³/mol. The van der Waals surface area contributed by atoms with Gasteiger partial charge in [-0.15, -0.1) is 0 Å². The van der Waals surface area contributed by atoms with Crippen LogP contribution in [-0.2, 0) is 16.6 Å². The highest BCUT2D eigenvalue weighted by Gasteiger charge is 2.18. The lowest BCUT2D eigenvalue weighted by atomic mass is 10.1. The zero-order valence-corrected chi connectivity index (χ0v) is 13.1. The first-order chi connectivity index (χ1) is 11.1. The minimum Gasteiger partial charge on any atom is -0.545 e. The number of carbonyl (C=O) groups excluding carboxylic acids is 1. The second-order valence-corrected chi connectivity index (χ2v) is 6.30. The van der Waals surface area contributed by atoms with Gasteiger partial charge in [0, 0.05) is 15.8 Å². The molecule has 0 amide bonds. The van der Waals surface area contributed by atoms with Crippen LogP contribution in [0.1, 0.15) is 16.1 Å². The summed E-state index contributed by atoms with van der Waals surface area (Å²) in [6.45, 7) is 0. The highest BCUT2D eigenvalue weighted by atomic mass is 32.2. The first-order valence-electron chi connectivity index (χ1n) is 6.84. The molecule has 1 heterocycles. The summed E-state index contributed by atoms with van der Waals surface area (Å²) in [6, 6.07) is 13.7. The topological polar surface area (TPSA) is 79.6 Å². The maximum absolute atomic E-state index is 12.4. The summed E-state index contributed by atoms with van der Waals surface area (Å²) in [5.41, 5.74) is 0.313. The van der Waals surface area contributed by atoms with Crippen molar-refractivity contribution < 1.29 is 23.3 Å². The molecule has 0 aliphatic heterocycles. The van der Waals surface area contributed by atoms with Crippen LogP contribution in [0.4, 0.5) is 0 Å². The molecule has 118 valence electrons. The van der Waals surface area contributed by atoms with E-state index in [0.29, 0.717) is 21.6 Å². The molecule has 0 spiro atoms. The van der Waals surface area contributed by atoms with Gasteiger partial charge in [0.05, 0.1) is 29.6 Å². The van der Waals surface area contributed by atoms with Crippen molar-refractivity contribution in [2.45, 2.75) is 10.6 Å². The van der Waals surface area contributed by atoms with Crippen molar-refractivity contribution in [1.82, 2.24) is 0 Å². The Bertz CT molecular complexity index is 883. The lowest BCUT2D eigenvalue weighted by Crippen LogP contribution is -2.23. The number of carboxylic acid groups (broad SMARTS) is 1. The largest absolute Gasteiger partial charge is 0.545 e. The summed E-state index contributed by atoms with van der Waals surface area (Å²) >= 11 is 0. The Kier molecular flexibility index (Phi) is 4.16. The zero-order chi connectivity index (χ0) is 16.4. The summed E-state index contributed by atoms with van der Waals surface area (Å²) in [4.78, 5) is 12.1. The quantitative estimate of drug-likeness (QED) is 0.716. The third-order valence-electron chi connectivity index (χ3n) is 3.44. The smallest absolute Gasteiger partial charge is 0.135 e. The fourth-order valence-electron chi connectivity index (χ4n) is 2.35. The molecule has 0 radical (unpaired) electrons. The van der Waals surface area contributed by atoms with Crippen LogP contribution in [0.5, 0.6) is 5.75 Å². The number of aromatic carboxylic acids is 1. The Labute approximate surface area is 135 Å². The number of methoxy groups -OCH3 is 1.